The van der Waals surface area contributed by atoms with Gasteiger partial charge in [0, 0.05) is 24.6 Å². The second-order valence-electron chi connectivity index (χ2n) is 4.48. The topological polar surface area (TPSA) is 55.3 Å². The number of rotatable bonds is 4. The summed E-state index contributed by atoms with van der Waals surface area (Å²) in [6.45, 7) is 0.876. The highest BCUT2D eigenvalue weighted by molar-refractivity contribution is 5.49. The Bertz CT molecular complexity index is 670. The molecule has 0 fully saturated rings. The number of anilines is 2. The highest BCUT2D eigenvalue weighted by atomic mass is 15.1. The van der Waals surface area contributed by atoms with E-state index in [0.717, 1.165) is 30.1 Å². The maximum atomic E-state index is 5.67. The first kappa shape index (κ1) is 11.6. The maximum Gasteiger partial charge on any atom is 0.138 e. The summed E-state index contributed by atoms with van der Waals surface area (Å²) < 4.78 is 2.04. The zero-order chi connectivity index (χ0) is 13.1. The molecule has 3 rings (SSSR count). The van der Waals surface area contributed by atoms with Crippen LogP contribution in [0.4, 0.5) is 11.5 Å². The number of benzene rings is 1. The molecule has 3 aromatic rings. The molecule has 0 radical (unpaired) electrons. The molecule has 4 heteroatoms. The average molecular weight is 252 g/mol. The minimum atomic E-state index is 0.805. The molecule has 3 N–H and O–H groups in total. The third kappa shape index (κ3) is 2.52. The van der Waals surface area contributed by atoms with Crippen LogP contribution < -0.4 is 11.1 Å². The Morgan fingerprint density at radius 2 is 1.95 bits per heavy atom. The van der Waals surface area contributed by atoms with Gasteiger partial charge in [-0.15, -0.1) is 0 Å². The molecule has 0 atom stereocenters. The molecule has 1 aromatic carbocycles. The number of hydrogen-bond donors (Lipinski definition) is 2. The molecule has 0 amide bonds. The number of nitrogen functional groups attached to an aromatic ring is 1. The number of imidazole rings is 1. The van der Waals surface area contributed by atoms with Crippen LogP contribution in [-0.2, 0) is 6.42 Å². The number of pyridine rings is 1. The van der Waals surface area contributed by atoms with Crippen LogP contribution in [-0.4, -0.2) is 15.9 Å². The van der Waals surface area contributed by atoms with Crippen LogP contribution in [0, 0.1) is 0 Å². The Morgan fingerprint density at radius 1 is 1.11 bits per heavy atom. The standard InChI is InChI=1S/C15H16N4/c16-13-6-4-12(5-7-13)8-9-17-14-2-1-3-15-18-10-11-19(14)15/h1-7,10-11,17H,8-9,16H2. The summed E-state index contributed by atoms with van der Waals surface area (Å²) in [7, 11) is 0. The smallest absolute Gasteiger partial charge is 0.138 e. The number of fused-ring (bicyclic) bond motifs is 1. The van der Waals surface area contributed by atoms with E-state index in [4.69, 9.17) is 5.73 Å². The Labute approximate surface area is 111 Å². The van der Waals surface area contributed by atoms with E-state index >= 15 is 0 Å². The van der Waals surface area contributed by atoms with Gasteiger partial charge in [-0.1, -0.05) is 18.2 Å². The summed E-state index contributed by atoms with van der Waals surface area (Å²) in [6, 6.07) is 14.1. The van der Waals surface area contributed by atoms with E-state index in [1.807, 2.05) is 34.9 Å². The van der Waals surface area contributed by atoms with Crippen molar-refractivity contribution in [3.8, 4) is 0 Å². The van der Waals surface area contributed by atoms with Crippen molar-refractivity contribution in [3.63, 3.8) is 0 Å². The molecule has 0 saturated carbocycles. The van der Waals surface area contributed by atoms with Crippen LogP contribution in [0.15, 0.2) is 54.9 Å². The van der Waals surface area contributed by atoms with Gasteiger partial charge in [-0.3, -0.25) is 4.40 Å². The predicted molar refractivity (Wildman–Crippen MR) is 78.2 cm³/mol. The first-order valence-corrected chi connectivity index (χ1v) is 6.33. The summed E-state index contributed by atoms with van der Waals surface area (Å²) in [5.74, 6) is 1.06. The summed E-state index contributed by atoms with van der Waals surface area (Å²) >= 11 is 0. The summed E-state index contributed by atoms with van der Waals surface area (Å²) in [5, 5.41) is 3.43. The molecule has 2 aromatic heterocycles. The van der Waals surface area contributed by atoms with Gasteiger partial charge in [0.25, 0.3) is 0 Å². The van der Waals surface area contributed by atoms with Crippen molar-refractivity contribution in [1.29, 1.82) is 0 Å². The first-order chi connectivity index (χ1) is 9.33. The third-order valence-electron chi connectivity index (χ3n) is 3.13. The second kappa shape index (κ2) is 5.02. The largest absolute Gasteiger partial charge is 0.399 e. The van der Waals surface area contributed by atoms with Crippen molar-refractivity contribution in [1.82, 2.24) is 9.38 Å². The highest BCUT2D eigenvalue weighted by Crippen LogP contribution is 2.11. The molecule has 19 heavy (non-hydrogen) atoms. The summed E-state index contributed by atoms with van der Waals surface area (Å²) in [4.78, 5) is 4.26. The van der Waals surface area contributed by atoms with E-state index in [9.17, 15) is 0 Å². The molecule has 0 bridgehead atoms. The van der Waals surface area contributed by atoms with Gasteiger partial charge in [0.15, 0.2) is 0 Å². The van der Waals surface area contributed by atoms with Crippen LogP contribution >= 0.6 is 0 Å². The third-order valence-corrected chi connectivity index (χ3v) is 3.13. The summed E-state index contributed by atoms with van der Waals surface area (Å²) in [5.41, 5.74) is 8.71. The molecule has 4 nitrogen and oxygen atoms in total. The molecule has 0 spiro atoms. The fourth-order valence-electron chi connectivity index (χ4n) is 2.11. The zero-order valence-electron chi connectivity index (χ0n) is 10.6. The van der Waals surface area contributed by atoms with Gasteiger partial charge in [0.2, 0.25) is 0 Å². The van der Waals surface area contributed by atoms with Gasteiger partial charge < -0.3 is 11.1 Å². The minimum absolute atomic E-state index is 0.805. The van der Waals surface area contributed by atoms with E-state index in [-0.39, 0.29) is 0 Å². The molecule has 0 aliphatic heterocycles. The SMILES string of the molecule is Nc1ccc(CCNc2cccc3nccn23)cc1. The Kier molecular flexibility index (Phi) is 3.06. The minimum Gasteiger partial charge on any atom is -0.399 e. The van der Waals surface area contributed by atoms with E-state index in [2.05, 4.69) is 28.5 Å². The molecular weight excluding hydrogens is 236 g/mol. The van der Waals surface area contributed by atoms with Crippen LogP contribution in [0.2, 0.25) is 0 Å². The number of nitrogens with one attached hydrogen (secondary N) is 1. The number of aromatic nitrogens is 2. The van der Waals surface area contributed by atoms with E-state index in [0.29, 0.717) is 0 Å². The second-order valence-corrected chi connectivity index (χ2v) is 4.48. The fraction of sp³-hybridized carbons (Fsp3) is 0.133. The molecular formula is C15H16N4. The summed E-state index contributed by atoms with van der Waals surface area (Å²) in [6.07, 6.45) is 4.73. The Balaban J connectivity index is 1.66. The molecule has 96 valence electrons. The molecule has 0 aliphatic carbocycles. The van der Waals surface area contributed by atoms with Crippen molar-refractivity contribution in [2.75, 3.05) is 17.6 Å². The number of nitrogens with zero attached hydrogens (tertiary/aromatic N) is 2. The molecule has 2 heterocycles. The lowest BCUT2D eigenvalue weighted by molar-refractivity contribution is 0.995. The van der Waals surface area contributed by atoms with Gasteiger partial charge in [-0.05, 0) is 36.2 Å². The monoisotopic (exact) mass is 252 g/mol. The lowest BCUT2D eigenvalue weighted by Gasteiger charge is -2.09. The lowest BCUT2D eigenvalue weighted by atomic mass is 10.1. The lowest BCUT2D eigenvalue weighted by Crippen LogP contribution is -2.07. The molecule has 0 saturated heterocycles. The van der Waals surface area contributed by atoms with E-state index in [1.54, 1.807) is 6.20 Å². The average Bonchev–Trinajstić information content (AvgIpc) is 2.90. The van der Waals surface area contributed by atoms with Crippen molar-refractivity contribution >= 4 is 17.2 Å². The van der Waals surface area contributed by atoms with Crippen molar-refractivity contribution in [3.05, 3.63) is 60.4 Å². The Hall–Kier alpha value is -2.49. The zero-order valence-corrected chi connectivity index (χ0v) is 10.6. The normalized spacial score (nSPS) is 10.7. The van der Waals surface area contributed by atoms with Gasteiger partial charge in [-0.25, -0.2) is 4.98 Å². The van der Waals surface area contributed by atoms with Crippen molar-refractivity contribution < 1.29 is 0 Å². The van der Waals surface area contributed by atoms with Crippen LogP contribution in [0.5, 0.6) is 0 Å². The molecule has 0 aliphatic rings. The maximum absolute atomic E-state index is 5.67. The highest BCUT2D eigenvalue weighted by Gasteiger charge is 1.99. The molecule has 0 unspecified atom stereocenters. The van der Waals surface area contributed by atoms with Crippen LogP contribution in [0.1, 0.15) is 5.56 Å². The van der Waals surface area contributed by atoms with Gasteiger partial charge in [0.05, 0.1) is 0 Å². The van der Waals surface area contributed by atoms with Gasteiger partial charge >= 0.3 is 0 Å². The Morgan fingerprint density at radius 3 is 2.79 bits per heavy atom. The first-order valence-electron chi connectivity index (χ1n) is 6.33. The fourth-order valence-corrected chi connectivity index (χ4v) is 2.11. The quantitative estimate of drug-likeness (QED) is 0.702. The van der Waals surface area contributed by atoms with E-state index in [1.165, 1.54) is 5.56 Å². The number of hydrogen-bond acceptors (Lipinski definition) is 3. The van der Waals surface area contributed by atoms with Crippen LogP contribution in [0.3, 0.4) is 0 Å². The van der Waals surface area contributed by atoms with Gasteiger partial charge in [-0.2, -0.15) is 0 Å². The van der Waals surface area contributed by atoms with Crippen molar-refractivity contribution in [2.45, 2.75) is 6.42 Å². The predicted octanol–water partition coefficient (Wildman–Crippen LogP) is 2.57. The van der Waals surface area contributed by atoms with Gasteiger partial charge in [0.1, 0.15) is 11.5 Å². The van der Waals surface area contributed by atoms with E-state index < -0.39 is 0 Å². The van der Waals surface area contributed by atoms with Crippen LogP contribution in [0.25, 0.3) is 5.65 Å². The van der Waals surface area contributed by atoms with Crippen molar-refractivity contribution in [2.24, 2.45) is 0 Å². The number of nitrogens with two attached hydrogens (primary N) is 1.